The van der Waals surface area contributed by atoms with E-state index in [2.05, 4.69) is 43.0 Å². The Morgan fingerprint density at radius 3 is 2.73 bits per heavy atom. The van der Waals surface area contributed by atoms with E-state index in [9.17, 15) is 0 Å². The summed E-state index contributed by atoms with van der Waals surface area (Å²) in [5.74, 6) is 0. The van der Waals surface area contributed by atoms with E-state index < -0.39 is 0 Å². The van der Waals surface area contributed by atoms with Crippen molar-refractivity contribution in [3.05, 3.63) is 24.0 Å². The third-order valence-electron chi connectivity index (χ3n) is 3.19. The van der Waals surface area contributed by atoms with Crippen LogP contribution >= 0.6 is 0 Å². The Labute approximate surface area is 92.7 Å². The Hall–Kier alpha value is -0.800. The molecule has 0 saturated carbocycles. The molecule has 3 N–H and O–H groups in total. The minimum Gasteiger partial charge on any atom is -0.367 e. The molecule has 0 radical (unpaired) electrons. The summed E-state index contributed by atoms with van der Waals surface area (Å²) in [5, 5.41) is 0. The maximum atomic E-state index is 5.61. The minimum atomic E-state index is 0.199. The van der Waals surface area contributed by atoms with Gasteiger partial charge in [-0.15, -0.1) is 0 Å². The number of aromatic nitrogens is 1. The van der Waals surface area contributed by atoms with Crippen LogP contribution in [0.5, 0.6) is 0 Å². The topological polar surface area (TPSA) is 45.0 Å². The molecule has 0 fully saturated rings. The van der Waals surface area contributed by atoms with Crippen molar-refractivity contribution in [1.29, 1.82) is 0 Å². The zero-order chi connectivity index (χ0) is 11.3. The van der Waals surface area contributed by atoms with Gasteiger partial charge in [-0.3, -0.25) is 0 Å². The van der Waals surface area contributed by atoms with Crippen LogP contribution in [-0.2, 0) is 6.42 Å². The van der Waals surface area contributed by atoms with Gasteiger partial charge in [0.25, 0.3) is 0 Å². The van der Waals surface area contributed by atoms with Crippen LogP contribution < -0.4 is 5.73 Å². The Bertz CT molecular complexity index is 264. The minimum absolute atomic E-state index is 0.199. The third-order valence-corrected chi connectivity index (χ3v) is 3.19. The first-order chi connectivity index (χ1) is 7.06. The van der Waals surface area contributed by atoms with E-state index in [0.717, 1.165) is 25.9 Å². The number of likely N-dealkylation sites (N-methyl/N-ethyl adjacent to an activating group) is 1. The summed E-state index contributed by atoms with van der Waals surface area (Å²) < 4.78 is 0. The van der Waals surface area contributed by atoms with E-state index in [1.807, 2.05) is 6.20 Å². The van der Waals surface area contributed by atoms with E-state index in [0.29, 0.717) is 0 Å². The van der Waals surface area contributed by atoms with Crippen molar-refractivity contribution in [1.82, 2.24) is 9.88 Å². The monoisotopic (exact) mass is 209 g/mol. The quantitative estimate of drug-likeness (QED) is 0.747. The van der Waals surface area contributed by atoms with Gasteiger partial charge in [-0.2, -0.15) is 0 Å². The highest BCUT2D eigenvalue weighted by molar-refractivity contribution is 5.08. The maximum Gasteiger partial charge on any atom is 0.0162 e. The van der Waals surface area contributed by atoms with Crippen molar-refractivity contribution in [2.45, 2.75) is 32.2 Å². The molecule has 15 heavy (non-hydrogen) atoms. The molecule has 0 atom stereocenters. The molecular formula is C12H23N3. The van der Waals surface area contributed by atoms with Crippen LogP contribution in [0.15, 0.2) is 18.5 Å². The molecule has 0 aromatic carbocycles. The van der Waals surface area contributed by atoms with E-state index in [1.165, 1.54) is 5.56 Å². The van der Waals surface area contributed by atoms with Gasteiger partial charge in [0.15, 0.2) is 0 Å². The molecule has 1 heterocycles. The van der Waals surface area contributed by atoms with Crippen LogP contribution in [0, 0.1) is 0 Å². The normalized spacial score (nSPS) is 12.3. The predicted octanol–water partition coefficient (Wildman–Crippen LogP) is 1.62. The second kappa shape index (κ2) is 5.33. The molecule has 1 aromatic heterocycles. The molecule has 1 aromatic rings. The number of hydrogen-bond donors (Lipinski definition) is 2. The molecule has 0 aliphatic heterocycles. The first-order valence-corrected chi connectivity index (χ1v) is 5.59. The molecular weight excluding hydrogens is 186 g/mol. The van der Waals surface area contributed by atoms with Crippen molar-refractivity contribution in [2.24, 2.45) is 5.73 Å². The smallest absolute Gasteiger partial charge is 0.0162 e. The first kappa shape index (κ1) is 12.3. The molecule has 1 rings (SSSR count). The lowest BCUT2D eigenvalue weighted by molar-refractivity contribution is 0.150. The van der Waals surface area contributed by atoms with Crippen LogP contribution in [0.1, 0.15) is 25.8 Å². The number of hydrogen-bond acceptors (Lipinski definition) is 2. The van der Waals surface area contributed by atoms with E-state index >= 15 is 0 Å². The number of nitrogens with one attached hydrogen (secondary N) is 1. The van der Waals surface area contributed by atoms with E-state index in [4.69, 9.17) is 5.73 Å². The highest BCUT2D eigenvalue weighted by atomic mass is 15.2. The highest BCUT2D eigenvalue weighted by Crippen LogP contribution is 2.16. The van der Waals surface area contributed by atoms with Crippen molar-refractivity contribution in [3.63, 3.8) is 0 Å². The molecule has 0 spiro atoms. The SMILES string of the molecule is CN(CCc1cc[nH]c1)C(C)(C)CCN. The van der Waals surface area contributed by atoms with Gasteiger partial charge in [-0.05, 0) is 51.9 Å². The lowest BCUT2D eigenvalue weighted by Crippen LogP contribution is -2.43. The summed E-state index contributed by atoms with van der Waals surface area (Å²) in [5.41, 5.74) is 7.18. The summed E-state index contributed by atoms with van der Waals surface area (Å²) in [4.78, 5) is 5.46. The fourth-order valence-corrected chi connectivity index (χ4v) is 1.66. The summed E-state index contributed by atoms with van der Waals surface area (Å²) in [6, 6.07) is 2.13. The van der Waals surface area contributed by atoms with Crippen LogP contribution in [0.25, 0.3) is 0 Å². The molecule has 0 saturated heterocycles. The van der Waals surface area contributed by atoms with Crippen LogP contribution in [0.4, 0.5) is 0 Å². The lowest BCUT2D eigenvalue weighted by atomic mass is 9.98. The third kappa shape index (κ3) is 3.68. The van der Waals surface area contributed by atoms with Crippen molar-refractivity contribution < 1.29 is 0 Å². The molecule has 0 aliphatic carbocycles. The zero-order valence-electron chi connectivity index (χ0n) is 10.1. The number of rotatable bonds is 6. The Balaban J connectivity index is 2.38. The zero-order valence-corrected chi connectivity index (χ0v) is 10.1. The Morgan fingerprint density at radius 1 is 1.47 bits per heavy atom. The summed E-state index contributed by atoms with van der Waals surface area (Å²) in [6.07, 6.45) is 6.16. The standard InChI is InChI=1S/C12H23N3/c1-12(2,6-7-13)15(3)9-5-11-4-8-14-10-11/h4,8,10,14H,5-7,9,13H2,1-3H3. The number of nitrogens with zero attached hydrogens (tertiary/aromatic N) is 1. The predicted molar refractivity (Wildman–Crippen MR) is 64.9 cm³/mol. The summed E-state index contributed by atoms with van der Waals surface area (Å²) >= 11 is 0. The molecule has 0 aliphatic rings. The van der Waals surface area contributed by atoms with Gasteiger partial charge < -0.3 is 15.6 Å². The Morgan fingerprint density at radius 2 is 2.20 bits per heavy atom. The number of nitrogens with two attached hydrogens (primary N) is 1. The van der Waals surface area contributed by atoms with E-state index in [-0.39, 0.29) is 5.54 Å². The van der Waals surface area contributed by atoms with Crippen LogP contribution in [0.2, 0.25) is 0 Å². The lowest BCUT2D eigenvalue weighted by Gasteiger charge is -2.35. The second-order valence-electron chi connectivity index (χ2n) is 4.74. The maximum absolute atomic E-state index is 5.61. The van der Waals surface area contributed by atoms with Gasteiger partial charge in [0, 0.05) is 24.5 Å². The summed E-state index contributed by atoms with van der Waals surface area (Å²) in [6.45, 7) is 6.32. The molecule has 3 heteroatoms. The number of H-pyrrole nitrogens is 1. The fourth-order valence-electron chi connectivity index (χ4n) is 1.66. The first-order valence-electron chi connectivity index (χ1n) is 5.59. The largest absolute Gasteiger partial charge is 0.367 e. The van der Waals surface area contributed by atoms with Crippen molar-refractivity contribution in [3.8, 4) is 0 Å². The van der Waals surface area contributed by atoms with Crippen molar-refractivity contribution in [2.75, 3.05) is 20.1 Å². The van der Waals surface area contributed by atoms with E-state index in [1.54, 1.807) is 0 Å². The summed E-state index contributed by atoms with van der Waals surface area (Å²) in [7, 11) is 2.17. The van der Waals surface area contributed by atoms with Gasteiger partial charge in [-0.1, -0.05) is 0 Å². The molecule has 0 unspecified atom stereocenters. The molecule has 0 amide bonds. The van der Waals surface area contributed by atoms with Gasteiger partial charge in [0.05, 0.1) is 0 Å². The average Bonchev–Trinajstić information content (AvgIpc) is 2.66. The fraction of sp³-hybridized carbons (Fsp3) is 0.667. The molecule has 0 bridgehead atoms. The van der Waals surface area contributed by atoms with Gasteiger partial charge >= 0.3 is 0 Å². The van der Waals surface area contributed by atoms with Crippen LogP contribution in [-0.4, -0.2) is 35.6 Å². The van der Waals surface area contributed by atoms with Gasteiger partial charge in [0.1, 0.15) is 0 Å². The van der Waals surface area contributed by atoms with Gasteiger partial charge in [-0.25, -0.2) is 0 Å². The molecule has 86 valence electrons. The van der Waals surface area contributed by atoms with Crippen LogP contribution in [0.3, 0.4) is 0 Å². The Kier molecular flexibility index (Phi) is 4.36. The van der Waals surface area contributed by atoms with Gasteiger partial charge in [0.2, 0.25) is 0 Å². The highest BCUT2D eigenvalue weighted by Gasteiger charge is 2.21. The second-order valence-corrected chi connectivity index (χ2v) is 4.74. The number of aromatic amines is 1. The average molecular weight is 209 g/mol. The van der Waals surface area contributed by atoms with Crippen molar-refractivity contribution >= 4 is 0 Å². The molecule has 3 nitrogen and oxygen atoms in total.